The van der Waals surface area contributed by atoms with Gasteiger partial charge in [-0.1, -0.05) is 18.2 Å². The Morgan fingerprint density at radius 2 is 1.80 bits per heavy atom. The third-order valence-electron chi connectivity index (χ3n) is 2.97. The number of hydrogen-bond donors (Lipinski definition) is 2. The molecule has 0 spiro atoms. The SMILES string of the molecule is C=CC[Si](CC=C)(CC=C)NNC(=O)c1cccnc1. The summed E-state index contributed by atoms with van der Waals surface area (Å²) in [5, 5.41) is 3.23. The molecule has 4 nitrogen and oxygen atoms in total. The lowest BCUT2D eigenvalue weighted by atomic mass is 10.3. The van der Waals surface area contributed by atoms with Gasteiger partial charge in [0.25, 0.3) is 5.91 Å². The maximum Gasteiger partial charge on any atom is 0.266 e. The lowest BCUT2D eigenvalue weighted by Crippen LogP contribution is -2.57. The van der Waals surface area contributed by atoms with E-state index in [9.17, 15) is 4.79 Å². The van der Waals surface area contributed by atoms with Crippen molar-refractivity contribution in [3.8, 4) is 0 Å². The Kier molecular flexibility index (Phi) is 6.62. The first-order valence-corrected chi connectivity index (χ1v) is 9.10. The average molecular weight is 287 g/mol. The second kappa shape index (κ2) is 8.24. The first-order valence-electron chi connectivity index (χ1n) is 6.47. The minimum absolute atomic E-state index is 0.188. The Labute approximate surface area is 121 Å². The van der Waals surface area contributed by atoms with Gasteiger partial charge < -0.3 is 0 Å². The van der Waals surface area contributed by atoms with Crippen molar-refractivity contribution < 1.29 is 4.79 Å². The molecule has 20 heavy (non-hydrogen) atoms. The summed E-state index contributed by atoms with van der Waals surface area (Å²) in [4.78, 5) is 16.0. The van der Waals surface area contributed by atoms with Gasteiger partial charge in [-0.15, -0.1) is 19.7 Å². The molecule has 1 aromatic rings. The van der Waals surface area contributed by atoms with E-state index in [1.54, 1.807) is 18.3 Å². The standard InChI is InChI=1S/C15H21N3OSi/c1-4-10-20(11-5-2,12-6-3)18-17-15(19)14-8-7-9-16-13-14/h4-9,13,18H,1-3,10-12H2,(H,17,19). The molecule has 0 atom stereocenters. The Morgan fingerprint density at radius 3 is 2.25 bits per heavy atom. The van der Waals surface area contributed by atoms with Crippen LogP contribution in [0, 0.1) is 0 Å². The van der Waals surface area contributed by atoms with E-state index < -0.39 is 8.24 Å². The zero-order valence-corrected chi connectivity index (χ0v) is 12.6. The van der Waals surface area contributed by atoms with Gasteiger partial charge in [-0.05, 0) is 30.3 Å². The number of nitrogens with one attached hydrogen (secondary N) is 2. The molecule has 0 saturated carbocycles. The van der Waals surface area contributed by atoms with Crippen molar-refractivity contribution in [2.24, 2.45) is 0 Å². The topological polar surface area (TPSA) is 54.0 Å². The normalized spacial score (nSPS) is 10.6. The maximum atomic E-state index is 12.0. The average Bonchev–Trinajstić information content (AvgIpc) is 2.46. The van der Waals surface area contributed by atoms with Gasteiger partial charge in [0.1, 0.15) is 0 Å². The highest BCUT2D eigenvalue weighted by atomic mass is 28.3. The van der Waals surface area contributed by atoms with E-state index >= 15 is 0 Å². The molecule has 2 N–H and O–H groups in total. The molecule has 106 valence electrons. The van der Waals surface area contributed by atoms with Gasteiger partial charge in [-0.2, -0.15) is 0 Å². The molecule has 0 aliphatic rings. The highest BCUT2D eigenvalue weighted by Crippen LogP contribution is 2.18. The van der Waals surface area contributed by atoms with Crippen LogP contribution in [-0.2, 0) is 0 Å². The largest absolute Gasteiger partial charge is 0.294 e. The molecule has 0 radical (unpaired) electrons. The number of aromatic nitrogens is 1. The smallest absolute Gasteiger partial charge is 0.266 e. The summed E-state index contributed by atoms with van der Waals surface area (Å²) >= 11 is 0. The van der Waals surface area contributed by atoms with Gasteiger partial charge in [0.15, 0.2) is 8.24 Å². The van der Waals surface area contributed by atoms with E-state index in [-0.39, 0.29) is 5.91 Å². The highest BCUT2D eigenvalue weighted by molar-refractivity contribution is 6.78. The van der Waals surface area contributed by atoms with Crippen LogP contribution in [0.3, 0.4) is 0 Å². The molecule has 1 heterocycles. The van der Waals surface area contributed by atoms with E-state index in [0.717, 1.165) is 18.1 Å². The van der Waals surface area contributed by atoms with Crippen molar-refractivity contribution in [3.63, 3.8) is 0 Å². The predicted molar refractivity (Wildman–Crippen MR) is 85.6 cm³/mol. The molecular weight excluding hydrogens is 266 g/mol. The Morgan fingerprint density at radius 1 is 1.20 bits per heavy atom. The molecule has 0 aliphatic carbocycles. The number of pyridine rings is 1. The molecule has 1 amide bonds. The van der Waals surface area contributed by atoms with Crippen molar-refractivity contribution in [2.75, 3.05) is 0 Å². The van der Waals surface area contributed by atoms with E-state index in [4.69, 9.17) is 0 Å². The molecular formula is C15H21N3OSi. The first kappa shape index (κ1) is 16.1. The van der Waals surface area contributed by atoms with Gasteiger partial charge >= 0.3 is 0 Å². The number of hydrazine groups is 1. The van der Waals surface area contributed by atoms with Crippen LogP contribution >= 0.6 is 0 Å². The number of nitrogens with zero attached hydrogens (tertiary/aromatic N) is 1. The summed E-state index contributed by atoms with van der Waals surface area (Å²) in [6.07, 6.45) is 8.80. The summed E-state index contributed by atoms with van der Waals surface area (Å²) in [6.45, 7) is 11.4. The fourth-order valence-corrected chi connectivity index (χ4v) is 4.83. The number of amides is 1. The van der Waals surface area contributed by atoms with Crippen LogP contribution in [0.15, 0.2) is 62.5 Å². The number of carbonyl (C=O) groups excluding carboxylic acids is 1. The summed E-state index contributed by atoms with van der Waals surface area (Å²) in [7, 11) is -1.95. The van der Waals surface area contributed by atoms with Gasteiger partial charge in [0.05, 0.1) is 5.56 Å². The van der Waals surface area contributed by atoms with Gasteiger partial charge in [0, 0.05) is 12.4 Å². The summed E-state index contributed by atoms with van der Waals surface area (Å²) in [5.41, 5.74) is 3.31. The fourth-order valence-electron chi connectivity index (χ4n) is 1.99. The highest BCUT2D eigenvalue weighted by Gasteiger charge is 2.29. The Hall–Kier alpha value is -1.98. The van der Waals surface area contributed by atoms with Crippen LogP contribution in [-0.4, -0.2) is 19.1 Å². The molecule has 0 aromatic carbocycles. The van der Waals surface area contributed by atoms with Crippen molar-refractivity contribution in [3.05, 3.63) is 68.1 Å². The van der Waals surface area contributed by atoms with Crippen LogP contribution in [0.5, 0.6) is 0 Å². The van der Waals surface area contributed by atoms with E-state index in [0.29, 0.717) is 5.56 Å². The fraction of sp³-hybridized carbons (Fsp3) is 0.200. The lowest BCUT2D eigenvalue weighted by Gasteiger charge is -2.29. The van der Waals surface area contributed by atoms with Gasteiger partial charge in [0.2, 0.25) is 0 Å². The maximum absolute atomic E-state index is 12.0. The second-order valence-electron chi connectivity index (χ2n) is 4.58. The predicted octanol–water partition coefficient (Wildman–Crippen LogP) is 2.82. The van der Waals surface area contributed by atoms with Gasteiger partial charge in [-0.25, -0.2) is 0 Å². The molecule has 1 aromatic heterocycles. The van der Waals surface area contributed by atoms with Crippen molar-refractivity contribution >= 4 is 14.1 Å². The lowest BCUT2D eigenvalue weighted by molar-refractivity contribution is 0.0943. The number of allylic oxidation sites excluding steroid dienone is 3. The van der Waals surface area contributed by atoms with Crippen LogP contribution in [0.2, 0.25) is 18.1 Å². The minimum atomic E-state index is -1.95. The quantitative estimate of drug-likeness (QED) is 0.417. The van der Waals surface area contributed by atoms with Crippen molar-refractivity contribution in [1.82, 2.24) is 15.5 Å². The molecule has 0 saturated heterocycles. The first-order chi connectivity index (χ1) is 9.67. The number of carbonyl (C=O) groups is 1. The third-order valence-corrected chi connectivity index (χ3v) is 6.84. The Balaban J connectivity index is 2.74. The van der Waals surface area contributed by atoms with E-state index in [2.05, 4.69) is 35.2 Å². The molecule has 0 bridgehead atoms. The Bertz CT molecular complexity index is 447. The van der Waals surface area contributed by atoms with Gasteiger partial charge in [-0.3, -0.25) is 20.3 Å². The molecule has 0 aliphatic heterocycles. The molecule has 0 unspecified atom stereocenters. The molecule has 5 heteroatoms. The monoisotopic (exact) mass is 287 g/mol. The van der Waals surface area contributed by atoms with Crippen LogP contribution in [0.1, 0.15) is 10.4 Å². The van der Waals surface area contributed by atoms with Crippen molar-refractivity contribution in [2.45, 2.75) is 18.1 Å². The molecule has 1 rings (SSSR count). The third kappa shape index (κ3) is 4.60. The summed E-state index contributed by atoms with van der Waals surface area (Å²) in [6, 6.07) is 5.95. The zero-order valence-electron chi connectivity index (χ0n) is 11.6. The van der Waals surface area contributed by atoms with Crippen LogP contribution in [0.25, 0.3) is 0 Å². The zero-order chi connectivity index (χ0) is 14.8. The van der Waals surface area contributed by atoms with Crippen LogP contribution in [0.4, 0.5) is 0 Å². The summed E-state index contributed by atoms with van der Waals surface area (Å²) < 4.78 is 0. The van der Waals surface area contributed by atoms with Crippen molar-refractivity contribution in [1.29, 1.82) is 0 Å². The minimum Gasteiger partial charge on any atom is -0.294 e. The second-order valence-corrected chi connectivity index (χ2v) is 8.61. The number of hydrogen-bond acceptors (Lipinski definition) is 3. The number of rotatable bonds is 9. The summed E-state index contributed by atoms with van der Waals surface area (Å²) in [5.74, 6) is -0.188. The van der Waals surface area contributed by atoms with Crippen LogP contribution < -0.4 is 10.5 Å². The van der Waals surface area contributed by atoms with E-state index in [1.165, 1.54) is 6.20 Å². The molecule has 0 fully saturated rings. The van der Waals surface area contributed by atoms with E-state index in [1.807, 2.05) is 18.2 Å².